The number of nitrogens with one attached hydrogen (secondary N) is 1. The Hall–Kier alpha value is -1.79. The SMILES string of the molecule is C#CCNC(C(=O)OC)c1ccc(C)c(C)c1. The van der Waals surface area contributed by atoms with E-state index >= 15 is 0 Å². The fourth-order valence-corrected chi connectivity index (χ4v) is 1.56. The van der Waals surface area contributed by atoms with Crippen molar-refractivity contribution < 1.29 is 9.53 Å². The van der Waals surface area contributed by atoms with E-state index in [0.29, 0.717) is 6.54 Å². The van der Waals surface area contributed by atoms with Gasteiger partial charge in [-0.3, -0.25) is 5.32 Å². The standard InChI is InChI=1S/C14H17NO2/c1-5-8-15-13(14(16)17-4)12-7-6-10(2)11(3)9-12/h1,6-7,9,13,15H,8H2,2-4H3. The van der Waals surface area contributed by atoms with Crippen LogP contribution < -0.4 is 5.32 Å². The maximum absolute atomic E-state index is 11.7. The van der Waals surface area contributed by atoms with Gasteiger partial charge in [0.25, 0.3) is 0 Å². The number of methoxy groups -OCH3 is 1. The summed E-state index contributed by atoms with van der Waals surface area (Å²) in [6.07, 6.45) is 5.19. The number of benzene rings is 1. The highest BCUT2D eigenvalue weighted by atomic mass is 16.5. The molecule has 0 aliphatic rings. The number of hydrogen-bond acceptors (Lipinski definition) is 3. The highest BCUT2D eigenvalue weighted by molar-refractivity contribution is 5.77. The predicted molar refractivity (Wildman–Crippen MR) is 67.5 cm³/mol. The Morgan fingerprint density at radius 2 is 2.18 bits per heavy atom. The van der Waals surface area contributed by atoms with E-state index in [1.54, 1.807) is 0 Å². The molecule has 0 saturated carbocycles. The number of carbonyl (C=O) groups excluding carboxylic acids is 1. The first-order valence-electron chi connectivity index (χ1n) is 5.42. The Morgan fingerprint density at radius 3 is 2.71 bits per heavy atom. The number of esters is 1. The second kappa shape index (κ2) is 6.07. The van der Waals surface area contributed by atoms with Gasteiger partial charge in [0.1, 0.15) is 6.04 Å². The lowest BCUT2D eigenvalue weighted by molar-refractivity contribution is -0.143. The number of hydrogen-bond donors (Lipinski definition) is 1. The number of aryl methyl sites for hydroxylation is 2. The summed E-state index contributed by atoms with van der Waals surface area (Å²) in [7, 11) is 1.37. The molecule has 0 spiro atoms. The normalized spacial score (nSPS) is 11.6. The summed E-state index contributed by atoms with van der Waals surface area (Å²) in [5.74, 6) is 2.12. The van der Waals surface area contributed by atoms with Crippen LogP contribution in [0.15, 0.2) is 18.2 Å². The third kappa shape index (κ3) is 3.33. The minimum absolute atomic E-state index is 0.326. The Labute approximate surface area is 102 Å². The van der Waals surface area contributed by atoms with Crippen LogP contribution in [0.1, 0.15) is 22.7 Å². The summed E-state index contributed by atoms with van der Waals surface area (Å²) >= 11 is 0. The van der Waals surface area contributed by atoms with Gasteiger partial charge in [0.15, 0.2) is 0 Å². The van der Waals surface area contributed by atoms with E-state index < -0.39 is 6.04 Å². The second-order valence-electron chi connectivity index (χ2n) is 3.88. The van der Waals surface area contributed by atoms with E-state index in [0.717, 1.165) is 11.1 Å². The van der Waals surface area contributed by atoms with Crippen LogP contribution in [0.5, 0.6) is 0 Å². The molecule has 1 aromatic carbocycles. The number of carbonyl (C=O) groups is 1. The Kier molecular flexibility index (Phi) is 4.74. The number of terminal acetylenes is 1. The third-order valence-electron chi connectivity index (χ3n) is 2.71. The van der Waals surface area contributed by atoms with Gasteiger partial charge in [0.2, 0.25) is 0 Å². The first-order chi connectivity index (χ1) is 8.10. The maximum atomic E-state index is 11.7. The molecule has 3 heteroatoms. The molecule has 1 aromatic rings. The molecule has 0 radical (unpaired) electrons. The lowest BCUT2D eigenvalue weighted by atomic mass is 10.0. The molecule has 0 fully saturated rings. The van der Waals surface area contributed by atoms with E-state index in [9.17, 15) is 4.79 Å². The predicted octanol–water partition coefficient (Wildman–Crippen LogP) is 1.74. The molecular weight excluding hydrogens is 214 g/mol. The summed E-state index contributed by atoms with van der Waals surface area (Å²) in [6.45, 7) is 4.36. The number of ether oxygens (including phenoxy) is 1. The first kappa shape index (κ1) is 13.3. The molecule has 1 rings (SSSR count). The third-order valence-corrected chi connectivity index (χ3v) is 2.71. The Balaban J connectivity index is 3.00. The van der Waals surface area contributed by atoms with Gasteiger partial charge in [-0.25, -0.2) is 4.79 Å². The summed E-state index contributed by atoms with van der Waals surface area (Å²) in [4.78, 5) is 11.7. The van der Waals surface area contributed by atoms with E-state index in [-0.39, 0.29) is 5.97 Å². The van der Waals surface area contributed by atoms with E-state index in [1.165, 1.54) is 12.7 Å². The van der Waals surface area contributed by atoms with Crippen molar-refractivity contribution in [1.29, 1.82) is 0 Å². The molecule has 0 saturated heterocycles. The van der Waals surface area contributed by atoms with Crippen molar-refractivity contribution in [2.24, 2.45) is 0 Å². The highest BCUT2D eigenvalue weighted by Gasteiger charge is 2.20. The summed E-state index contributed by atoms with van der Waals surface area (Å²) in [6, 6.07) is 5.36. The molecule has 0 aliphatic carbocycles. The Bertz CT molecular complexity index is 446. The topological polar surface area (TPSA) is 38.3 Å². The summed E-state index contributed by atoms with van der Waals surface area (Å²) in [5, 5.41) is 2.97. The minimum atomic E-state index is -0.504. The van der Waals surface area contributed by atoms with Crippen LogP contribution in [0, 0.1) is 26.2 Å². The number of rotatable bonds is 4. The van der Waals surface area contributed by atoms with Gasteiger partial charge in [0.05, 0.1) is 13.7 Å². The van der Waals surface area contributed by atoms with Gasteiger partial charge < -0.3 is 4.74 Å². The van der Waals surface area contributed by atoms with E-state index in [1.807, 2.05) is 32.0 Å². The molecule has 1 unspecified atom stereocenters. The molecule has 0 heterocycles. The largest absolute Gasteiger partial charge is 0.468 e. The molecule has 0 aliphatic heterocycles. The van der Waals surface area contributed by atoms with Crippen molar-refractivity contribution >= 4 is 5.97 Å². The van der Waals surface area contributed by atoms with Crippen molar-refractivity contribution in [2.45, 2.75) is 19.9 Å². The molecule has 90 valence electrons. The van der Waals surface area contributed by atoms with Crippen LogP contribution in [0.4, 0.5) is 0 Å². The van der Waals surface area contributed by atoms with Gasteiger partial charge in [-0.2, -0.15) is 0 Å². The zero-order valence-corrected chi connectivity index (χ0v) is 10.4. The van der Waals surface area contributed by atoms with Crippen molar-refractivity contribution in [1.82, 2.24) is 5.32 Å². The second-order valence-corrected chi connectivity index (χ2v) is 3.88. The lowest BCUT2D eigenvalue weighted by Crippen LogP contribution is -2.30. The van der Waals surface area contributed by atoms with Crippen LogP contribution >= 0.6 is 0 Å². The van der Waals surface area contributed by atoms with Crippen LogP contribution in [-0.4, -0.2) is 19.6 Å². The van der Waals surface area contributed by atoms with Crippen LogP contribution in [0.2, 0.25) is 0 Å². The van der Waals surface area contributed by atoms with Crippen molar-refractivity contribution in [3.63, 3.8) is 0 Å². The van der Waals surface area contributed by atoms with Gasteiger partial charge in [-0.15, -0.1) is 6.42 Å². The zero-order chi connectivity index (χ0) is 12.8. The van der Waals surface area contributed by atoms with Gasteiger partial charge >= 0.3 is 5.97 Å². The minimum Gasteiger partial charge on any atom is -0.468 e. The average Bonchev–Trinajstić information content (AvgIpc) is 2.33. The monoisotopic (exact) mass is 231 g/mol. The lowest BCUT2D eigenvalue weighted by Gasteiger charge is -2.16. The fraction of sp³-hybridized carbons (Fsp3) is 0.357. The summed E-state index contributed by atoms with van der Waals surface area (Å²) < 4.78 is 4.76. The zero-order valence-electron chi connectivity index (χ0n) is 10.4. The summed E-state index contributed by atoms with van der Waals surface area (Å²) in [5.41, 5.74) is 3.20. The smallest absolute Gasteiger partial charge is 0.327 e. The van der Waals surface area contributed by atoms with Crippen molar-refractivity contribution in [3.05, 3.63) is 34.9 Å². The Morgan fingerprint density at radius 1 is 1.47 bits per heavy atom. The van der Waals surface area contributed by atoms with Crippen LogP contribution in [-0.2, 0) is 9.53 Å². The average molecular weight is 231 g/mol. The van der Waals surface area contributed by atoms with Crippen molar-refractivity contribution in [3.8, 4) is 12.3 Å². The molecule has 0 bridgehead atoms. The fourth-order valence-electron chi connectivity index (χ4n) is 1.56. The first-order valence-corrected chi connectivity index (χ1v) is 5.42. The molecule has 17 heavy (non-hydrogen) atoms. The quantitative estimate of drug-likeness (QED) is 0.633. The molecule has 0 amide bonds. The molecule has 1 N–H and O–H groups in total. The maximum Gasteiger partial charge on any atom is 0.327 e. The van der Waals surface area contributed by atoms with E-state index in [4.69, 9.17) is 11.2 Å². The van der Waals surface area contributed by atoms with Crippen LogP contribution in [0.25, 0.3) is 0 Å². The molecular formula is C14H17NO2. The highest BCUT2D eigenvalue weighted by Crippen LogP contribution is 2.18. The van der Waals surface area contributed by atoms with Gasteiger partial charge in [-0.05, 0) is 30.5 Å². The molecule has 1 atom stereocenters. The molecule has 3 nitrogen and oxygen atoms in total. The van der Waals surface area contributed by atoms with Gasteiger partial charge in [0, 0.05) is 0 Å². The molecule has 0 aromatic heterocycles. The van der Waals surface area contributed by atoms with Crippen molar-refractivity contribution in [2.75, 3.05) is 13.7 Å². The van der Waals surface area contributed by atoms with Gasteiger partial charge in [-0.1, -0.05) is 24.1 Å². The van der Waals surface area contributed by atoms with Crippen LogP contribution in [0.3, 0.4) is 0 Å². The van der Waals surface area contributed by atoms with E-state index in [2.05, 4.69) is 11.2 Å².